The molecule has 1 saturated heterocycles. The van der Waals surface area contributed by atoms with Gasteiger partial charge in [0, 0.05) is 13.1 Å². The van der Waals surface area contributed by atoms with Crippen LogP contribution in [0.1, 0.15) is 42.6 Å². The van der Waals surface area contributed by atoms with Crippen molar-refractivity contribution in [1.29, 1.82) is 0 Å². The highest BCUT2D eigenvalue weighted by atomic mass is 79.9. The van der Waals surface area contributed by atoms with Gasteiger partial charge < -0.3 is 4.90 Å². The summed E-state index contributed by atoms with van der Waals surface area (Å²) in [4.78, 5) is 18.7. The Kier molecular flexibility index (Phi) is 3.87. The SMILES string of the molecule is O=C(c1cccc(Br)n1)N1CCC2CCCCC2C1. The fourth-order valence-corrected chi connectivity index (χ4v) is 3.82. The zero-order chi connectivity index (χ0) is 13.2. The molecular formula is C15H19BrN2O. The van der Waals surface area contributed by atoms with Crippen molar-refractivity contribution in [2.75, 3.05) is 13.1 Å². The van der Waals surface area contributed by atoms with E-state index in [-0.39, 0.29) is 5.91 Å². The highest BCUT2D eigenvalue weighted by Crippen LogP contribution is 2.36. The predicted octanol–water partition coefficient (Wildman–Crippen LogP) is 3.50. The summed E-state index contributed by atoms with van der Waals surface area (Å²) >= 11 is 3.33. The topological polar surface area (TPSA) is 33.2 Å². The molecule has 0 spiro atoms. The van der Waals surface area contributed by atoms with Crippen LogP contribution in [0.5, 0.6) is 0 Å². The fraction of sp³-hybridized carbons (Fsp3) is 0.600. The molecule has 1 aromatic rings. The van der Waals surface area contributed by atoms with Crippen LogP contribution in [0, 0.1) is 11.8 Å². The van der Waals surface area contributed by atoms with Gasteiger partial charge in [-0.05, 0) is 52.7 Å². The number of likely N-dealkylation sites (tertiary alicyclic amines) is 1. The summed E-state index contributed by atoms with van der Waals surface area (Å²) in [5.41, 5.74) is 0.559. The molecule has 3 nitrogen and oxygen atoms in total. The van der Waals surface area contributed by atoms with Gasteiger partial charge >= 0.3 is 0 Å². The van der Waals surface area contributed by atoms with Crippen LogP contribution in [0.4, 0.5) is 0 Å². The molecule has 0 bridgehead atoms. The van der Waals surface area contributed by atoms with Gasteiger partial charge in [0.05, 0.1) is 0 Å². The molecule has 2 atom stereocenters. The highest BCUT2D eigenvalue weighted by molar-refractivity contribution is 9.10. The second-order valence-electron chi connectivity index (χ2n) is 5.69. The van der Waals surface area contributed by atoms with E-state index in [0.29, 0.717) is 5.69 Å². The second-order valence-corrected chi connectivity index (χ2v) is 6.50. The largest absolute Gasteiger partial charge is 0.337 e. The molecule has 1 aliphatic carbocycles. The molecule has 2 fully saturated rings. The monoisotopic (exact) mass is 322 g/mol. The van der Waals surface area contributed by atoms with Gasteiger partial charge in [-0.25, -0.2) is 4.98 Å². The normalized spacial score (nSPS) is 26.9. The van der Waals surface area contributed by atoms with Gasteiger partial charge in [0.15, 0.2) is 0 Å². The van der Waals surface area contributed by atoms with Crippen LogP contribution in [0.2, 0.25) is 0 Å². The Balaban J connectivity index is 1.71. The van der Waals surface area contributed by atoms with Crippen LogP contribution in [0.15, 0.2) is 22.8 Å². The number of hydrogen-bond donors (Lipinski definition) is 0. The molecule has 1 aromatic heterocycles. The number of fused-ring (bicyclic) bond motifs is 1. The molecule has 2 heterocycles. The van der Waals surface area contributed by atoms with E-state index in [0.717, 1.165) is 29.5 Å². The lowest BCUT2D eigenvalue weighted by atomic mass is 9.75. The first-order chi connectivity index (χ1) is 9.24. The highest BCUT2D eigenvalue weighted by Gasteiger charge is 2.33. The maximum atomic E-state index is 12.5. The molecule has 19 heavy (non-hydrogen) atoms. The number of carbonyl (C=O) groups excluding carboxylic acids is 1. The number of nitrogens with zero attached hydrogens (tertiary/aromatic N) is 2. The van der Waals surface area contributed by atoms with Crippen molar-refractivity contribution in [1.82, 2.24) is 9.88 Å². The van der Waals surface area contributed by atoms with E-state index >= 15 is 0 Å². The van der Waals surface area contributed by atoms with Gasteiger partial charge in [0.25, 0.3) is 5.91 Å². The zero-order valence-corrected chi connectivity index (χ0v) is 12.6. The summed E-state index contributed by atoms with van der Waals surface area (Å²) in [6.07, 6.45) is 6.53. The van der Waals surface area contributed by atoms with Crippen molar-refractivity contribution >= 4 is 21.8 Å². The standard InChI is InChI=1S/C15H19BrN2O/c16-14-7-3-6-13(17-14)15(19)18-9-8-11-4-1-2-5-12(11)10-18/h3,6-7,11-12H,1-2,4-5,8-10H2. The summed E-state index contributed by atoms with van der Waals surface area (Å²) < 4.78 is 0.728. The average Bonchev–Trinajstić information content (AvgIpc) is 2.46. The third-order valence-corrected chi connectivity index (χ3v) is 4.95. The third kappa shape index (κ3) is 2.83. The fourth-order valence-electron chi connectivity index (χ4n) is 3.47. The summed E-state index contributed by atoms with van der Waals surface area (Å²) in [7, 11) is 0. The summed E-state index contributed by atoms with van der Waals surface area (Å²) in [6.45, 7) is 1.83. The van der Waals surface area contributed by atoms with Gasteiger partial charge in [-0.2, -0.15) is 0 Å². The molecule has 2 unspecified atom stereocenters. The van der Waals surface area contributed by atoms with Crippen LogP contribution in [-0.4, -0.2) is 28.9 Å². The second kappa shape index (κ2) is 5.61. The Hall–Kier alpha value is -0.900. The van der Waals surface area contributed by atoms with E-state index in [1.807, 2.05) is 17.0 Å². The summed E-state index contributed by atoms with van der Waals surface area (Å²) in [5.74, 6) is 1.66. The number of piperidine rings is 1. The van der Waals surface area contributed by atoms with Crippen LogP contribution < -0.4 is 0 Å². The number of pyridine rings is 1. The van der Waals surface area contributed by atoms with Crippen molar-refractivity contribution in [3.8, 4) is 0 Å². The number of carbonyl (C=O) groups is 1. The molecule has 4 heteroatoms. The molecular weight excluding hydrogens is 304 g/mol. The lowest BCUT2D eigenvalue weighted by Gasteiger charge is -2.41. The van der Waals surface area contributed by atoms with E-state index in [9.17, 15) is 4.79 Å². The molecule has 2 aliphatic rings. The number of amides is 1. The predicted molar refractivity (Wildman–Crippen MR) is 77.9 cm³/mol. The van der Waals surface area contributed by atoms with Crippen LogP contribution in [0.25, 0.3) is 0 Å². The van der Waals surface area contributed by atoms with Crippen molar-refractivity contribution < 1.29 is 4.79 Å². The van der Waals surface area contributed by atoms with Crippen LogP contribution in [0.3, 0.4) is 0 Å². The van der Waals surface area contributed by atoms with Crippen LogP contribution >= 0.6 is 15.9 Å². The molecule has 0 N–H and O–H groups in total. The molecule has 3 rings (SSSR count). The molecule has 102 valence electrons. The summed E-state index contributed by atoms with van der Waals surface area (Å²) in [5, 5.41) is 0. The number of aromatic nitrogens is 1. The lowest BCUT2D eigenvalue weighted by molar-refractivity contribution is 0.0515. The first-order valence-electron chi connectivity index (χ1n) is 7.16. The Bertz CT molecular complexity index is 477. The minimum atomic E-state index is 0.0883. The van der Waals surface area contributed by atoms with E-state index in [4.69, 9.17) is 0 Å². The Morgan fingerprint density at radius 3 is 2.79 bits per heavy atom. The molecule has 1 saturated carbocycles. The van der Waals surface area contributed by atoms with E-state index in [1.54, 1.807) is 6.07 Å². The van der Waals surface area contributed by atoms with Gasteiger partial charge in [-0.1, -0.05) is 25.3 Å². The minimum Gasteiger partial charge on any atom is -0.337 e. The van der Waals surface area contributed by atoms with Gasteiger partial charge in [-0.15, -0.1) is 0 Å². The first-order valence-corrected chi connectivity index (χ1v) is 7.95. The lowest BCUT2D eigenvalue weighted by Crippen LogP contribution is -2.45. The van der Waals surface area contributed by atoms with E-state index < -0.39 is 0 Å². The maximum Gasteiger partial charge on any atom is 0.272 e. The first kappa shape index (κ1) is 13.1. The average molecular weight is 323 g/mol. The molecule has 0 aromatic carbocycles. The van der Waals surface area contributed by atoms with E-state index in [1.165, 1.54) is 32.1 Å². The van der Waals surface area contributed by atoms with Gasteiger partial charge in [0.1, 0.15) is 10.3 Å². The van der Waals surface area contributed by atoms with Crippen LogP contribution in [-0.2, 0) is 0 Å². The number of halogens is 1. The molecule has 1 amide bonds. The molecule has 1 aliphatic heterocycles. The Morgan fingerprint density at radius 1 is 1.21 bits per heavy atom. The van der Waals surface area contributed by atoms with Crippen molar-refractivity contribution in [2.24, 2.45) is 11.8 Å². The maximum absolute atomic E-state index is 12.5. The Labute approximate surface area is 122 Å². The quantitative estimate of drug-likeness (QED) is 0.741. The summed E-state index contributed by atoms with van der Waals surface area (Å²) in [6, 6.07) is 5.53. The third-order valence-electron chi connectivity index (χ3n) is 4.51. The van der Waals surface area contributed by atoms with Gasteiger partial charge in [-0.3, -0.25) is 4.79 Å². The zero-order valence-electron chi connectivity index (χ0n) is 11.0. The van der Waals surface area contributed by atoms with Crippen molar-refractivity contribution in [3.05, 3.63) is 28.5 Å². The smallest absolute Gasteiger partial charge is 0.272 e. The number of hydrogen-bond acceptors (Lipinski definition) is 2. The van der Waals surface area contributed by atoms with E-state index in [2.05, 4.69) is 20.9 Å². The minimum absolute atomic E-state index is 0.0883. The van der Waals surface area contributed by atoms with Crippen molar-refractivity contribution in [3.63, 3.8) is 0 Å². The van der Waals surface area contributed by atoms with Crippen molar-refractivity contribution in [2.45, 2.75) is 32.1 Å². The Morgan fingerprint density at radius 2 is 2.00 bits per heavy atom. The molecule has 0 radical (unpaired) electrons. The van der Waals surface area contributed by atoms with Gasteiger partial charge in [0.2, 0.25) is 0 Å². The number of rotatable bonds is 1.